The lowest BCUT2D eigenvalue weighted by Crippen LogP contribution is -2.44. The summed E-state index contributed by atoms with van der Waals surface area (Å²) in [5, 5.41) is 14.1. The van der Waals surface area contributed by atoms with Crippen molar-refractivity contribution in [3.8, 4) is 11.1 Å². The predicted molar refractivity (Wildman–Crippen MR) is 175 cm³/mol. The Morgan fingerprint density at radius 3 is 2.40 bits per heavy atom. The number of piperazine rings is 1. The molecule has 1 aromatic heterocycles. The first-order valence-corrected chi connectivity index (χ1v) is 14.9. The molecule has 0 unspecified atom stereocenters. The van der Waals surface area contributed by atoms with Crippen molar-refractivity contribution in [2.45, 2.75) is 13.0 Å². The number of nitro groups is 1. The smallest absolute Gasteiger partial charge is 0.269 e. The number of nitrogens with zero attached hydrogens (tertiary/aromatic N) is 5. The van der Waals surface area contributed by atoms with Gasteiger partial charge in [0.15, 0.2) is 0 Å². The maximum Gasteiger partial charge on any atom is 0.269 e. The van der Waals surface area contributed by atoms with E-state index < -0.39 is 4.92 Å². The van der Waals surface area contributed by atoms with Gasteiger partial charge in [0.05, 0.1) is 21.9 Å². The second kappa shape index (κ2) is 14.6. The van der Waals surface area contributed by atoms with Gasteiger partial charge in [0.25, 0.3) is 17.5 Å². The molecule has 2 amide bonds. The van der Waals surface area contributed by atoms with Gasteiger partial charge in [0, 0.05) is 69.4 Å². The van der Waals surface area contributed by atoms with Crippen LogP contribution in [-0.4, -0.2) is 77.8 Å². The normalized spacial score (nSPS) is 13.3. The maximum atomic E-state index is 13.3. The summed E-state index contributed by atoms with van der Waals surface area (Å²) in [6.45, 7) is 4.84. The number of anilines is 2. The molecule has 5 rings (SSSR count). The third kappa shape index (κ3) is 7.88. The summed E-state index contributed by atoms with van der Waals surface area (Å²) in [4.78, 5) is 47.6. The number of nitro benzene ring substituents is 1. The number of hydrogen-bond acceptors (Lipinski definition) is 8. The predicted octanol–water partition coefficient (Wildman–Crippen LogP) is 4.65. The summed E-state index contributed by atoms with van der Waals surface area (Å²) in [5.74, 6) is -0.453. The van der Waals surface area contributed by atoms with Gasteiger partial charge >= 0.3 is 0 Å². The highest BCUT2D eigenvalue weighted by atomic mass is 16.6. The molecule has 1 aliphatic heterocycles. The minimum absolute atomic E-state index is 0.0738. The van der Waals surface area contributed by atoms with Crippen LogP contribution in [0.4, 0.5) is 17.1 Å². The van der Waals surface area contributed by atoms with Crippen LogP contribution < -0.4 is 16.0 Å². The van der Waals surface area contributed by atoms with Crippen molar-refractivity contribution in [1.82, 2.24) is 14.8 Å². The van der Waals surface area contributed by atoms with Crippen LogP contribution in [0.15, 0.2) is 91.3 Å². The molecule has 2 heterocycles. The van der Waals surface area contributed by atoms with E-state index in [-0.39, 0.29) is 17.5 Å². The van der Waals surface area contributed by atoms with E-state index >= 15 is 0 Å². The highest BCUT2D eigenvalue weighted by molar-refractivity contribution is 6.06. The number of nitrogens with one attached hydrogen (secondary N) is 1. The van der Waals surface area contributed by atoms with E-state index in [0.717, 1.165) is 48.6 Å². The summed E-state index contributed by atoms with van der Waals surface area (Å²) in [5.41, 5.74) is 10.9. The molecule has 0 spiro atoms. The van der Waals surface area contributed by atoms with Gasteiger partial charge in [-0.15, -0.1) is 0 Å². The lowest BCUT2D eigenvalue weighted by atomic mass is 10.0. The largest absolute Gasteiger partial charge is 0.367 e. The molecule has 4 aromatic rings. The van der Waals surface area contributed by atoms with Gasteiger partial charge in [0.2, 0.25) is 0 Å². The third-order valence-electron chi connectivity index (χ3n) is 7.89. The number of pyridine rings is 1. The molecule has 1 fully saturated rings. The number of benzene rings is 3. The number of aromatic nitrogens is 1. The first-order chi connectivity index (χ1) is 21.8. The fourth-order valence-electron chi connectivity index (χ4n) is 5.34. The fourth-order valence-corrected chi connectivity index (χ4v) is 5.34. The van der Waals surface area contributed by atoms with Gasteiger partial charge in [-0.2, -0.15) is 0 Å². The van der Waals surface area contributed by atoms with Crippen LogP contribution >= 0.6 is 0 Å². The van der Waals surface area contributed by atoms with E-state index in [0.29, 0.717) is 42.9 Å². The van der Waals surface area contributed by atoms with Crippen molar-refractivity contribution >= 4 is 28.9 Å². The Kier molecular flexibility index (Phi) is 10.1. The number of amides is 2. The summed E-state index contributed by atoms with van der Waals surface area (Å²) in [7, 11) is 2.09. The Morgan fingerprint density at radius 2 is 1.71 bits per heavy atom. The number of carbonyl (C=O) groups excluding carboxylic acids is 2. The van der Waals surface area contributed by atoms with E-state index in [1.165, 1.54) is 24.3 Å². The molecule has 0 bridgehead atoms. The molecule has 0 radical (unpaired) electrons. The molecule has 1 aliphatic rings. The van der Waals surface area contributed by atoms with Crippen molar-refractivity contribution in [2.24, 2.45) is 5.73 Å². The average molecular weight is 608 g/mol. The molecular weight excluding hydrogens is 570 g/mol. The van der Waals surface area contributed by atoms with Gasteiger partial charge in [-0.3, -0.25) is 24.7 Å². The van der Waals surface area contributed by atoms with Gasteiger partial charge in [-0.1, -0.05) is 24.3 Å². The molecule has 3 aromatic carbocycles. The molecule has 0 aliphatic carbocycles. The first kappa shape index (κ1) is 31.3. The molecular formula is C34H37N7O4. The topological polar surface area (TPSA) is 138 Å². The Hall–Kier alpha value is -5.13. The number of non-ortho nitro benzene ring substituents is 1. The zero-order valence-electron chi connectivity index (χ0n) is 25.3. The Bertz CT molecular complexity index is 1640. The summed E-state index contributed by atoms with van der Waals surface area (Å²) in [6, 6.07) is 23.1. The van der Waals surface area contributed by atoms with Crippen LogP contribution in [0.2, 0.25) is 0 Å². The van der Waals surface area contributed by atoms with E-state index in [1.54, 1.807) is 29.4 Å². The van der Waals surface area contributed by atoms with Crippen LogP contribution in [0.25, 0.3) is 11.1 Å². The highest BCUT2D eigenvalue weighted by Crippen LogP contribution is 2.33. The quantitative estimate of drug-likeness (QED) is 0.186. The lowest BCUT2D eigenvalue weighted by Gasteiger charge is -2.35. The van der Waals surface area contributed by atoms with Crippen molar-refractivity contribution in [1.29, 1.82) is 0 Å². The molecule has 1 saturated heterocycles. The number of likely N-dealkylation sites (N-methyl/N-ethyl adjacent to an activating group) is 1. The Labute approximate surface area is 262 Å². The van der Waals surface area contributed by atoms with Crippen LogP contribution in [-0.2, 0) is 6.54 Å². The molecule has 45 heavy (non-hydrogen) atoms. The molecule has 0 atom stereocenters. The summed E-state index contributed by atoms with van der Waals surface area (Å²) >= 11 is 0. The van der Waals surface area contributed by atoms with E-state index in [9.17, 15) is 19.7 Å². The van der Waals surface area contributed by atoms with Crippen molar-refractivity contribution in [2.75, 3.05) is 56.5 Å². The van der Waals surface area contributed by atoms with Crippen LogP contribution in [0, 0.1) is 10.1 Å². The van der Waals surface area contributed by atoms with Crippen molar-refractivity contribution in [3.63, 3.8) is 0 Å². The maximum absolute atomic E-state index is 13.3. The van der Waals surface area contributed by atoms with E-state index in [2.05, 4.69) is 33.2 Å². The fraction of sp³-hybridized carbons (Fsp3) is 0.265. The second-order valence-electron chi connectivity index (χ2n) is 11.1. The number of carbonyl (C=O) groups is 2. The van der Waals surface area contributed by atoms with E-state index in [4.69, 9.17) is 5.73 Å². The van der Waals surface area contributed by atoms with Crippen molar-refractivity contribution < 1.29 is 14.5 Å². The summed E-state index contributed by atoms with van der Waals surface area (Å²) < 4.78 is 0. The minimum atomic E-state index is -0.489. The highest BCUT2D eigenvalue weighted by Gasteiger charge is 2.21. The van der Waals surface area contributed by atoms with Gasteiger partial charge < -0.3 is 25.8 Å². The zero-order valence-corrected chi connectivity index (χ0v) is 25.3. The van der Waals surface area contributed by atoms with Crippen LogP contribution in [0.1, 0.15) is 32.7 Å². The SMILES string of the molecule is CN1CCN(c2ccc(-c3cccc(CN(CCCN)C(=O)c4cccnc4)c3)cc2NC(=O)c2ccc([N+](=O)[O-])cc2)CC1. The van der Waals surface area contributed by atoms with Gasteiger partial charge in [-0.25, -0.2) is 0 Å². The van der Waals surface area contributed by atoms with Crippen LogP contribution in [0.5, 0.6) is 0 Å². The molecule has 232 valence electrons. The first-order valence-electron chi connectivity index (χ1n) is 14.9. The van der Waals surface area contributed by atoms with Crippen molar-refractivity contribution in [3.05, 3.63) is 118 Å². The number of hydrogen-bond donors (Lipinski definition) is 2. The Morgan fingerprint density at radius 1 is 0.956 bits per heavy atom. The molecule has 11 nitrogen and oxygen atoms in total. The Balaban J connectivity index is 1.43. The van der Waals surface area contributed by atoms with Crippen LogP contribution in [0.3, 0.4) is 0 Å². The van der Waals surface area contributed by atoms with E-state index in [1.807, 2.05) is 36.4 Å². The van der Waals surface area contributed by atoms with Gasteiger partial charge in [0.1, 0.15) is 0 Å². The molecule has 0 saturated carbocycles. The molecule has 11 heteroatoms. The number of nitrogens with two attached hydrogens (primary N) is 1. The standard InChI is InChI=1S/C34H37N7O4/c1-38-17-19-39(20-18-38)32-13-10-28(22-31(32)37-33(42)26-8-11-30(12-9-26)41(44)45)27-6-2-5-25(21-27)24-40(16-4-14-35)34(43)29-7-3-15-36-23-29/h2-3,5-13,15,21-23H,4,14,16-20,24,35H2,1H3,(H,37,42). The third-order valence-corrected chi connectivity index (χ3v) is 7.89. The minimum Gasteiger partial charge on any atom is -0.367 e. The zero-order chi connectivity index (χ0) is 31.8. The monoisotopic (exact) mass is 607 g/mol. The lowest BCUT2D eigenvalue weighted by molar-refractivity contribution is -0.384. The number of rotatable bonds is 11. The average Bonchev–Trinajstić information content (AvgIpc) is 3.07. The summed E-state index contributed by atoms with van der Waals surface area (Å²) in [6.07, 6.45) is 3.89. The second-order valence-corrected chi connectivity index (χ2v) is 11.1. The molecule has 3 N–H and O–H groups in total. The van der Waals surface area contributed by atoms with Gasteiger partial charge in [-0.05, 0) is 79.2 Å².